The van der Waals surface area contributed by atoms with Gasteiger partial charge in [-0.1, -0.05) is 117 Å². The summed E-state index contributed by atoms with van der Waals surface area (Å²) < 4.78 is 21.2. The molecule has 8 heterocycles. The maximum atomic E-state index is 13.4. The number of nitrogens with one attached hydrogen (secondary N) is 6. The first-order chi connectivity index (χ1) is 46.2. The second-order valence-corrected chi connectivity index (χ2v) is 26.0. The Labute approximate surface area is 564 Å². The Morgan fingerprint density at radius 2 is 0.635 bits per heavy atom. The van der Waals surface area contributed by atoms with Gasteiger partial charge in [-0.3, -0.25) is 47.9 Å². The summed E-state index contributed by atoms with van der Waals surface area (Å²) in [6.07, 6.45) is 0.477. The molecule has 0 fully saturated rings. The Kier molecular flexibility index (Phi) is 24.2. The van der Waals surface area contributed by atoms with Gasteiger partial charge in [0.05, 0.1) is 37.6 Å². The van der Waals surface area contributed by atoms with E-state index in [0.717, 1.165) is 50.1 Å². The largest absolute Gasteiger partial charge is 0.469 e. The molecule has 0 aromatic heterocycles. The van der Waals surface area contributed by atoms with Crippen molar-refractivity contribution in [1.82, 2.24) is 31.9 Å². The number of carbonyl (C=O) groups is 10. The van der Waals surface area contributed by atoms with Crippen LogP contribution in [0.2, 0.25) is 0 Å². The fourth-order valence-corrected chi connectivity index (χ4v) is 12.4. The highest BCUT2D eigenvalue weighted by atomic mass is 32.2. The minimum atomic E-state index is -0.752. The fraction of sp³-hybridized carbons (Fsp3) is 0.270. The number of esters is 4. The highest BCUT2D eigenvalue weighted by Crippen LogP contribution is 2.39. The lowest BCUT2D eigenvalue weighted by Gasteiger charge is -2.31. The van der Waals surface area contributed by atoms with E-state index in [1.165, 1.54) is 37.7 Å². The third-order valence-corrected chi connectivity index (χ3v) is 18.1. The number of amides is 6. The number of hydrogen-bond donors (Lipinski definition) is 6. The highest BCUT2D eigenvalue weighted by Gasteiger charge is 2.40. The summed E-state index contributed by atoms with van der Waals surface area (Å²) in [6.45, 7) is 7.68. The SMILES string of the molecule is COC(=O)[C@H]1CC2=C(CSCC(=O)Oc3ccc(cc3)CNC(=O)c3cc(cc(C(C)(C)C)c3)C(=O)NCc3ccc(cc3)OC(=O)CSC2)C[C@@H]1C(=O)OC.O=C1NCc2ccc(cc2)CNC(=O)c2cccc(c2)C(=O)NCc2ccc(cc2)CNC(=O)c2cccc1c2. The lowest BCUT2D eigenvalue weighted by molar-refractivity contribution is -0.157. The van der Waals surface area contributed by atoms with Gasteiger partial charge in [-0.05, 0) is 136 Å². The molecule has 9 aliphatic rings. The van der Waals surface area contributed by atoms with Crippen molar-refractivity contribution in [1.29, 1.82) is 0 Å². The summed E-state index contributed by atoms with van der Waals surface area (Å²) >= 11 is 2.64. The summed E-state index contributed by atoms with van der Waals surface area (Å²) in [6, 6.07) is 47.0. The lowest BCUT2D eigenvalue weighted by Crippen LogP contribution is -2.36. The molecular weight excluding hydrogens is 1260 g/mol. The Morgan fingerprint density at radius 1 is 0.375 bits per heavy atom. The zero-order valence-electron chi connectivity index (χ0n) is 53.8. The van der Waals surface area contributed by atoms with E-state index in [4.69, 9.17) is 18.9 Å². The van der Waals surface area contributed by atoms with Crippen molar-refractivity contribution in [2.24, 2.45) is 11.8 Å². The minimum Gasteiger partial charge on any atom is -0.469 e. The van der Waals surface area contributed by atoms with Crippen molar-refractivity contribution in [3.05, 3.63) is 247 Å². The van der Waals surface area contributed by atoms with E-state index in [9.17, 15) is 47.9 Å². The summed E-state index contributed by atoms with van der Waals surface area (Å²) in [5.41, 5.74) is 9.65. The van der Waals surface area contributed by atoms with Gasteiger partial charge in [0.25, 0.3) is 35.4 Å². The van der Waals surface area contributed by atoms with Gasteiger partial charge in [0, 0.05) is 84.2 Å². The molecule has 7 aromatic carbocycles. The van der Waals surface area contributed by atoms with E-state index in [2.05, 4.69) is 31.9 Å². The number of rotatable bonds is 2. The van der Waals surface area contributed by atoms with Crippen molar-refractivity contribution >= 4 is 82.8 Å². The van der Waals surface area contributed by atoms with Gasteiger partial charge in [0.15, 0.2) is 0 Å². The molecule has 6 amide bonds. The van der Waals surface area contributed by atoms with Crippen molar-refractivity contribution in [2.75, 3.05) is 37.2 Å². The third kappa shape index (κ3) is 19.9. The third-order valence-electron chi connectivity index (χ3n) is 16.1. The van der Waals surface area contributed by atoms with Gasteiger partial charge in [0.2, 0.25) is 0 Å². The quantitative estimate of drug-likeness (QED) is 0.0534. The van der Waals surface area contributed by atoms with Crippen LogP contribution in [-0.4, -0.2) is 96.6 Å². The number of hydrogen-bond acceptors (Lipinski definition) is 16. The zero-order chi connectivity index (χ0) is 68.3. The number of methoxy groups -OCH3 is 2. The molecule has 20 nitrogen and oxygen atoms in total. The van der Waals surface area contributed by atoms with Crippen LogP contribution in [0.25, 0.3) is 0 Å². The average Bonchev–Trinajstić information content (AvgIpc) is 0.836. The molecular formula is C74H74N6O14S2. The second-order valence-electron chi connectivity index (χ2n) is 24.0. The zero-order valence-corrected chi connectivity index (χ0v) is 55.4. The molecule has 0 saturated heterocycles. The summed E-state index contributed by atoms with van der Waals surface area (Å²) in [5.74, 6) is -3.82. The summed E-state index contributed by atoms with van der Waals surface area (Å²) in [5, 5.41) is 17.4. The molecule has 0 spiro atoms. The topological polar surface area (TPSA) is 280 Å². The highest BCUT2D eigenvalue weighted by molar-refractivity contribution is 8.00. The number of thioether (sulfide) groups is 2. The van der Waals surface area contributed by atoms with E-state index in [1.807, 2.05) is 69.3 Å². The Bertz CT molecular complexity index is 3720. The molecule has 0 radical (unpaired) electrons. The molecule has 496 valence electrons. The van der Waals surface area contributed by atoms with Crippen LogP contribution in [-0.2, 0) is 73.3 Å². The second kappa shape index (κ2) is 33.2. The van der Waals surface area contributed by atoms with E-state index in [0.29, 0.717) is 82.6 Å². The van der Waals surface area contributed by atoms with Crippen molar-refractivity contribution in [3.63, 3.8) is 0 Å². The van der Waals surface area contributed by atoms with E-state index < -0.39 is 35.7 Å². The van der Waals surface area contributed by atoms with Crippen molar-refractivity contribution < 1.29 is 66.9 Å². The van der Waals surface area contributed by atoms with Crippen LogP contribution in [0.5, 0.6) is 11.5 Å². The van der Waals surface area contributed by atoms with Crippen LogP contribution in [0.3, 0.4) is 0 Å². The predicted molar refractivity (Wildman–Crippen MR) is 364 cm³/mol. The van der Waals surface area contributed by atoms with Crippen molar-refractivity contribution in [3.8, 4) is 11.5 Å². The minimum absolute atomic E-state index is 0.0177. The van der Waals surface area contributed by atoms with Gasteiger partial charge in [-0.15, -0.1) is 23.5 Å². The Morgan fingerprint density at radius 3 is 0.906 bits per heavy atom. The molecule has 16 rings (SSSR count). The predicted octanol–water partition coefficient (Wildman–Crippen LogP) is 9.52. The molecule has 0 saturated carbocycles. The van der Waals surface area contributed by atoms with Crippen LogP contribution < -0.4 is 41.4 Å². The Hall–Kier alpha value is -10.3. The molecule has 14 bridgehead atoms. The molecule has 96 heavy (non-hydrogen) atoms. The average molecular weight is 1340 g/mol. The first kappa shape index (κ1) is 70.0. The van der Waals surface area contributed by atoms with Crippen LogP contribution in [0.1, 0.15) is 135 Å². The first-order valence-electron chi connectivity index (χ1n) is 31.0. The maximum absolute atomic E-state index is 13.4. The van der Waals surface area contributed by atoms with Crippen LogP contribution in [0.4, 0.5) is 0 Å². The smallest absolute Gasteiger partial charge is 0.321 e. The fourth-order valence-electron chi connectivity index (χ4n) is 10.6. The van der Waals surface area contributed by atoms with E-state index in [-0.39, 0.29) is 78.3 Å². The van der Waals surface area contributed by atoms with Crippen LogP contribution in [0, 0.1) is 11.8 Å². The monoisotopic (exact) mass is 1330 g/mol. The van der Waals surface area contributed by atoms with E-state index >= 15 is 0 Å². The maximum Gasteiger partial charge on any atom is 0.321 e. The van der Waals surface area contributed by atoms with Gasteiger partial charge in [-0.25, -0.2) is 0 Å². The van der Waals surface area contributed by atoms with Gasteiger partial charge < -0.3 is 50.8 Å². The number of benzene rings is 7. The standard InChI is InChI=1S/C42H46N2O10S2.C32H28N4O4/c1-42(2,3)31-15-27-14-28(16-31)39(48)44-20-26-8-12-33(13-9-26)54-37(46)24-56-22-30-18-35(41(50)52-5)34(40(49)51-4)17-29(30)21-55-23-36(45)53-32-10-6-25(7-11-32)19-43-38(27)47;37-29-25-3-1-4-26(15-25)30(38)34-18-22-9-13-24(14-10-22)20-36-32(40)28-6-2-5-27(16-28)31(39)35-19-23-11-7-21(8-12-23)17-33-29/h6-16,34-35H,17-24H2,1-5H3,(H,43,47)(H,44,48);1-16H,17-20H2,(H,33,37)(H,34,38)(H,35,39)(H,36,40)/t34-,35-;/m0./s1. The lowest BCUT2D eigenvalue weighted by atomic mass is 9.76. The molecule has 0 unspecified atom stereocenters. The van der Waals surface area contributed by atoms with Crippen molar-refractivity contribution in [2.45, 2.75) is 78.3 Å². The van der Waals surface area contributed by atoms with Crippen LogP contribution in [0.15, 0.2) is 175 Å². The summed E-state index contributed by atoms with van der Waals surface area (Å²) in [4.78, 5) is 129. The number of carbonyl (C=O) groups excluding carboxylic acids is 10. The molecule has 7 aromatic rings. The molecule has 8 aliphatic heterocycles. The molecule has 6 N–H and O–H groups in total. The first-order valence-corrected chi connectivity index (χ1v) is 33.3. The van der Waals surface area contributed by atoms with E-state index in [1.54, 1.807) is 115 Å². The number of ether oxygens (including phenoxy) is 4. The molecule has 2 atom stereocenters. The molecule has 1 aliphatic carbocycles. The molecule has 22 heteroatoms. The van der Waals surface area contributed by atoms with Crippen LogP contribution >= 0.6 is 23.5 Å². The van der Waals surface area contributed by atoms with Gasteiger partial charge in [-0.2, -0.15) is 0 Å². The Balaban J connectivity index is 0.000000238. The summed E-state index contributed by atoms with van der Waals surface area (Å²) in [7, 11) is 2.55. The normalized spacial score (nSPS) is 17.3. The van der Waals surface area contributed by atoms with Gasteiger partial charge >= 0.3 is 23.9 Å². The van der Waals surface area contributed by atoms with Gasteiger partial charge in [0.1, 0.15) is 11.5 Å².